The van der Waals surface area contributed by atoms with Gasteiger partial charge in [-0.15, -0.1) is 0 Å². The lowest BCUT2D eigenvalue weighted by atomic mass is 9.88. The molecule has 1 N–H and O–H groups in total. The van der Waals surface area contributed by atoms with E-state index in [9.17, 15) is 79.4 Å². The van der Waals surface area contributed by atoms with Gasteiger partial charge in [0.1, 0.15) is 0 Å². The molecule has 180 valence electrons. The van der Waals surface area contributed by atoms with Crippen LogP contribution in [0.15, 0.2) is 0 Å². The molecule has 0 bridgehead atoms. The minimum atomic E-state index is -8.74. The van der Waals surface area contributed by atoms with Crippen LogP contribution in [0.5, 0.6) is 0 Å². The third-order valence-corrected chi connectivity index (χ3v) is 4.25. The van der Waals surface area contributed by atoms with Crippen molar-refractivity contribution in [2.75, 3.05) is 0 Å². The van der Waals surface area contributed by atoms with Crippen molar-refractivity contribution in [2.24, 2.45) is 0 Å². The summed E-state index contributed by atoms with van der Waals surface area (Å²) in [5.74, 6) is -61.1. The van der Waals surface area contributed by atoms with Crippen LogP contribution < -0.4 is 0 Å². The summed E-state index contributed by atoms with van der Waals surface area (Å²) in [5.41, 5.74) is 0. The average Bonchev–Trinajstić information content (AvgIpc) is 2.51. The molecule has 0 rings (SSSR count). The topological polar surface area (TPSA) is 37.3 Å². The van der Waals surface area contributed by atoms with Crippen molar-refractivity contribution in [1.82, 2.24) is 0 Å². The van der Waals surface area contributed by atoms with E-state index in [1.165, 1.54) is 0 Å². The molecule has 0 saturated carbocycles. The summed E-state index contributed by atoms with van der Waals surface area (Å²) in [4.78, 5) is 5.91. The van der Waals surface area contributed by atoms with Crippen LogP contribution in [0.2, 0.25) is 0 Å². The highest BCUT2D eigenvalue weighted by Crippen LogP contribution is 2.64. The van der Waals surface area contributed by atoms with E-state index in [0.717, 1.165) is 15.9 Å². The number of rotatable bonds is 8. The lowest BCUT2D eigenvalue weighted by Crippen LogP contribution is -2.75. The highest BCUT2D eigenvalue weighted by atomic mass is 79.9. The minimum absolute atomic E-state index is 1.09. The predicted octanol–water partition coefficient (Wildman–Crippen LogP) is 5.84. The smallest absolute Gasteiger partial charge is 0.460 e. The second-order valence-corrected chi connectivity index (χ2v) is 6.18. The summed E-state index contributed by atoms with van der Waals surface area (Å²) >= 11 is 1.09. The summed E-state index contributed by atoms with van der Waals surface area (Å²) in [6, 6.07) is 0. The third kappa shape index (κ3) is 3.45. The molecule has 30 heavy (non-hydrogen) atoms. The van der Waals surface area contributed by atoms with Crippen molar-refractivity contribution < 1.29 is 84.5 Å². The van der Waals surface area contributed by atoms with Gasteiger partial charge in [-0.2, -0.15) is 74.6 Å². The van der Waals surface area contributed by atoms with Gasteiger partial charge in [-0.1, -0.05) is 15.9 Å². The number of aliphatic carboxylic acids is 1. The van der Waals surface area contributed by atoms with Gasteiger partial charge in [-0.25, -0.2) is 0 Å². The summed E-state index contributed by atoms with van der Waals surface area (Å²) in [7, 11) is 0. The third-order valence-electron chi connectivity index (χ3n) is 3.28. The second kappa shape index (κ2) is 7.14. The Morgan fingerprint density at radius 1 is 0.533 bits per heavy atom. The molecule has 0 fully saturated rings. The molecule has 0 amide bonds. The number of hydrogen-bond donors (Lipinski definition) is 1. The van der Waals surface area contributed by atoms with Crippen molar-refractivity contribution in [1.29, 1.82) is 0 Å². The van der Waals surface area contributed by atoms with Crippen LogP contribution in [-0.4, -0.2) is 63.5 Å². The Kier molecular flexibility index (Phi) is 6.85. The number of halogens is 18. The summed E-state index contributed by atoms with van der Waals surface area (Å²) in [6.45, 7) is 0. The maximum atomic E-state index is 13.3. The molecule has 1 atom stereocenters. The lowest BCUT2D eigenvalue weighted by Gasteiger charge is -2.43. The minimum Gasteiger partial charge on any atom is -0.480 e. The van der Waals surface area contributed by atoms with Crippen molar-refractivity contribution in [3.8, 4) is 0 Å². The highest BCUT2D eigenvalue weighted by Gasteiger charge is 2.95. The quantitative estimate of drug-likeness (QED) is 0.301. The first-order chi connectivity index (χ1) is 12.6. The van der Waals surface area contributed by atoms with Gasteiger partial charge >= 0.3 is 53.6 Å². The van der Waals surface area contributed by atoms with E-state index in [0.29, 0.717) is 0 Å². The standard InChI is InChI=1S/C10H2BrF17O2/c11-1(2(29)30)3(12,13)4(14,15)5(16,17)6(18,19)7(20,21)8(22,23)9(24,25)10(26,27)28/h1H,(H,29,30). The van der Waals surface area contributed by atoms with Crippen LogP contribution in [0.3, 0.4) is 0 Å². The number of carbonyl (C=O) groups is 1. The Labute approximate surface area is 160 Å². The monoisotopic (exact) mass is 556 g/mol. The number of alkyl halides is 18. The van der Waals surface area contributed by atoms with E-state index in [2.05, 4.69) is 0 Å². The fraction of sp³-hybridized carbons (Fsp3) is 0.900. The fourth-order valence-corrected chi connectivity index (χ4v) is 1.78. The van der Waals surface area contributed by atoms with E-state index in [1.54, 1.807) is 0 Å². The first-order valence-corrected chi connectivity index (χ1v) is 7.10. The maximum Gasteiger partial charge on any atom is 0.460 e. The molecule has 1 unspecified atom stereocenters. The largest absolute Gasteiger partial charge is 0.480 e. The van der Waals surface area contributed by atoms with Crippen molar-refractivity contribution in [3.63, 3.8) is 0 Å². The van der Waals surface area contributed by atoms with E-state index < -0.39 is 58.4 Å². The SMILES string of the molecule is O=C(O)C(Br)C(F)(F)C(F)(F)C(F)(F)C(F)(F)C(F)(F)C(F)(F)C(F)(F)C(F)(F)F. The van der Waals surface area contributed by atoms with Crippen molar-refractivity contribution in [3.05, 3.63) is 0 Å². The molecule has 0 aromatic heterocycles. The predicted molar refractivity (Wildman–Crippen MR) is 61.0 cm³/mol. The normalized spacial score (nSPS) is 17.1. The van der Waals surface area contributed by atoms with E-state index >= 15 is 0 Å². The first kappa shape index (κ1) is 28.8. The molecule has 0 aliphatic rings. The molecule has 0 radical (unpaired) electrons. The van der Waals surface area contributed by atoms with Crippen LogP contribution >= 0.6 is 15.9 Å². The van der Waals surface area contributed by atoms with Crippen LogP contribution in [0.25, 0.3) is 0 Å². The van der Waals surface area contributed by atoms with Gasteiger partial charge in [0.25, 0.3) is 0 Å². The van der Waals surface area contributed by atoms with Gasteiger partial charge in [-0.05, 0) is 0 Å². The van der Waals surface area contributed by atoms with Crippen LogP contribution in [0.4, 0.5) is 74.6 Å². The Bertz CT molecular complexity index is 666. The number of carboxylic acid groups (broad SMARTS) is 1. The fourth-order valence-electron chi connectivity index (χ4n) is 1.49. The zero-order valence-corrected chi connectivity index (χ0v) is 14.3. The number of carboxylic acids is 1. The molecule has 20 heteroatoms. The molecule has 2 nitrogen and oxygen atoms in total. The van der Waals surface area contributed by atoms with E-state index in [4.69, 9.17) is 5.11 Å². The maximum absolute atomic E-state index is 13.3. The van der Waals surface area contributed by atoms with Crippen molar-refractivity contribution >= 4 is 21.9 Å². The second-order valence-electron chi connectivity index (χ2n) is 5.27. The molecule has 0 saturated heterocycles. The van der Waals surface area contributed by atoms with Gasteiger partial charge in [0.05, 0.1) is 0 Å². The first-order valence-electron chi connectivity index (χ1n) is 6.19. The molecule has 0 heterocycles. The lowest BCUT2D eigenvalue weighted by molar-refractivity contribution is -0.461. The van der Waals surface area contributed by atoms with Gasteiger partial charge < -0.3 is 5.11 Å². The van der Waals surface area contributed by atoms with E-state index in [-0.39, 0.29) is 0 Å². The Balaban J connectivity index is 6.81. The molecule has 0 aromatic carbocycles. The molecule has 0 spiro atoms. The zero-order valence-electron chi connectivity index (χ0n) is 12.7. The summed E-state index contributed by atoms with van der Waals surface area (Å²) < 4.78 is 219. The van der Waals surface area contributed by atoms with Gasteiger partial charge in [0.15, 0.2) is 4.83 Å². The van der Waals surface area contributed by atoms with Gasteiger partial charge in [0, 0.05) is 0 Å². The summed E-state index contributed by atoms with van der Waals surface area (Å²) in [6.07, 6.45) is -7.83. The molecular weight excluding hydrogens is 555 g/mol. The molecular formula is C10H2BrF17O2. The Morgan fingerprint density at radius 2 is 0.767 bits per heavy atom. The van der Waals surface area contributed by atoms with Crippen LogP contribution in [0, 0.1) is 0 Å². The number of hydrogen-bond acceptors (Lipinski definition) is 1. The summed E-state index contributed by atoms with van der Waals surface area (Å²) in [5, 5.41) is 8.05. The molecule has 0 aromatic rings. The van der Waals surface area contributed by atoms with E-state index in [1.807, 2.05) is 0 Å². The zero-order chi connectivity index (χ0) is 25.2. The molecule has 0 aliphatic carbocycles. The van der Waals surface area contributed by atoms with Gasteiger partial charge in [0.2, 0.25) is 0 Å². The van der Waals surface area contributed by atoms with Crippen LogP contribution in [-0.2, 0) is 4.79 Å². The average molecular weight is 557 g/mol. The van der Waals surface area contributed by atoms with Gasteiger partial charge in [-0.3, -0.25) is 4.79 Å². The molecule has 0 aliphatic heterocycles. The highest BCUT2D eigenvalue weighted by molar-refractivity contribution is 9.10. The Morgan fingerprint density at radius 3 is 1.00 bits per heavy atom. The Hall–Kier alpha value is -1.24. The van der Waals surface area contributed by atoms with Crippen LogP contribution in [0.1, 0.15) is 0 Å². The van der Waals surface area contributed by atoms with Crippen molar-refractivity contribution in [2.45, 2.75) is 52.5 Å².